The summed E-state index contributed by atoms with van der Waals surface area (Å²) in [4.78, 5) is 30.3. The molecular formula is C27H31F4N7O3. The molecule has 3 aliphatic rings. The lowest BCUT2D eigenvalue weighted by Gasteiger charge is -2.33. The van der Waals surface area contributed by atoms with Gasteiger partial charge in [0, 0.05) is 31.6 Å². The van der Waals surface area contributed by atoms with Gasteiger partial charge in [-0.25, -0.2) is 31.7 Å². The molecule has 3 atom stereocenters. The van der Waals surface area contributed by atoms with Gasteiger partial charge in [-0.1, -0.05) is 5.16 Å². The SMILES string of the molecule is Cc1nonc1C(=O)N[C@H](c1cn2ncc(C(NC(=O)CCC3CC3(F)F)C3CC3)cc2n1)C1CCC(F)(F)CC1. The van der Waals surface area contributed by atoms with Crippen molar-refractivity contribution in [3.05, 3.63) is 41.1 Å². The van der Waals surface area contributed by atoms with Crippen LogP contribution >= 0.6 is 0 Å². The van der Waals surface area contributed by atoms with Crippen LogP contribution in [0.5, 0.6) is 0 Å². The van der Waals surface area contributed by atoms with E-state index in [1.807, 2.05) is 0 Å². The van der Waals surface area contributed by atoms with Crippen LogP contribution < -0.4 is 10.6 Å². The van der Waals surface area contributed by atoms with E-state index in [0.717, 1.165) is 18.4 Å². The van der Waals surface area contributed by atoms with Crippen molar-refractivity contribution in [2.75, 3.05) is 0 Å². The maximum atomic E-state index is 13.9. The van der Waals surface area contributed by atoms with Gasteiger partial charge in [0.15, 0.2) is 11.3 Å². The predicted octanol–water partition coefficient (Wildman–Crippen LogP) is 4.72. The van der Waals surface area contributed by atoms with Crippen LogP contribution in [0.1, 0.15) is 97.3 Å². The Balaban J connectivity index is 1.22. The van der Waals surface area contributed by atoms with E-state index in [2.05, 4.69) is 30.7 Å². The molecule has 2 amide bonds. The molecule has 0 radical (unpaired) electrons. The van der Waals surface area contributed by atoms with Gasteiger partial charge in [-0.2, -0.15) is 5.10 Å². The molecule has 3 aromatic heterocycles. The number of alkyl halides is 4. The van der Waals surface area contributed by atoms with Crippen LogP contribution in [0.15, 0.2) is 23.1 Å². The maximum Gasteiger partial charge on any atom is 0.276 e. The van der Waals surface area contributed by atoms with Gasteiger partial charge >= 0.3 is 0 Å². The van der Waals surface area contributed by atoms with Crippen molar-refractivity contribution in [2.45, 2.75) is 88.6 Å². The zero-order chi connectivity index (χ0) is 28.9. The first-order chi connectivity index (χ1) is 19.5. The lowest BCUT2D eigenvalue weighted by molar-refractivity contribution is -0.122. The smallest absolute Gasteiger partial charge is 0.276 e. The molecule has 6 rings (SSSR count). The highest BCUT2D eigenvalue weighted by molar-refractivity contribution is 5.93. The molecule has 3 fully saturated rings. The summed E-state index contributed by atoms with van der Waals surface area (Å²) in [5.74, 6) is -7.00. The zero-order valence-corrected chi connectivity index (χ0v) is 22.5. The molecule has 3 aromatic rings. The molecule has 2 unspecified atom stereocenters. The molecule has 14 heteroatoms. The molecule has 0 aromatic carbocycles. The lowest BCUT2D eigenvalue weighted by Crippen LogP contribution is -2.37. The number of imidazole rings is 1. The van der Waals surface area contributed by atoms with E-state index in [4.69, 9.17) is 4.98 Å². The Labute approximate surface area is 232 Å². The summed E-state index contributed by atoms with van der Waals surface area (Å²) in [5.41, 5.74) is 1.98. The summed E-state index contributed by atoms with van der Waals surface area (Å²) in [6.45, 7) is 1.58. The van der Waals surface area contributed by atoms with E-state index in [0.29, 0.717) is 17.0 Å². The van der Waals surface area contributed by atoms with E-state index in [-0.39, 0.29) is 74.4 Å². The average molecular weight is 578 g/mol. The van der Waals surface area contributed by atoms with Crippen molar-refractivity contribution < 1.29 is 31.8 Å². The normalized spacial score (nSPS) is 23.2. The number of hydrogen-bond donors (Lipinski definition) is 2. The predicted molar refractivity (Wildman–Crippen MR) is 135 cm³/mol. The van der Waals surface area contributed by atoms with Crippen LogP contribution in [0.3, 0.4) is 0 Å². The number of amides is 2. The molecule has 3 aliphatic carbocycles. The van der Waals surface area contributed by atoms with Crippen molar-refractivity contribution in [1.29, 1.82) is 0 Å². The van der Waals surface area contributed by atoms with E-state index in [9.17, 15) is 27.2 Å². The largest absolute Gasteiger partial charge is 0.349 e. The topological polar surface area (TPSA) is 127 Å². The molecule has 0 saturated heterocycles. The van der Waals surface area contributed by atoms with Crippen molar-refractivity contribution in [3.8, 4) is 0 Å². The van der Waals surface area contributed by atoms with E-state index >= 15 is 0 Å². The summed E-state index contributed by atoms with van der Waals surface area (Å²) in [5, 5.41) is 17.7. The van der Waals surface area contributed by atoms with Gasteiger partial charge in [-0.3, -0.25) is 9.59 Å². The Morgan fingerprint density at radius 1 is 1.07 bits per heavy atom. The monoisotopic (exact) mass is 577 g/mol. The molecule has 220 valence electrons. The van der Waals surface area contributed by atoms with Crippen molar-refractivity contribution in [2.24, 2.45) is 17.8 Å². The highest BCUT2D eigenvalue weighted by Crippen LogP contribution is 2.51. The van der Waals surface area contributed by atoms with Gasteiger partial charge in [0.05, 0.1) is 30.2 Å². The fraction of sp³-hybridized carbons (Fsp3) is 0.630. The third kappa shape index (κ3) is 6.05. The van der Waals surface area contributed by atoms with Crippen LogP contribution in [0.4, 0.5) is 17.6 Å². The Morgan fingerprint density at radius 3 is 2.41 bits per heavy atom. The van der Waals surface area contributed by atoms with Crippen LogP contribution in [0.25, 0.3) is 5.65 Å². The van der Waals surface area contributed by atoms with Crippen molar-refractivity contribution in [1.82, 2.24) is 35.5 Å². The van der Waals surface area contributed by atoms with Crippen molar-refractivity contribution in [3.63, 3.8) is 0 Å². The first-order valence-corrected chi connectivity index (χ1v) is 14.0. The number of aromatic nitrogens is 5. The van der Waals surface area contributed by atoms with Gasteiger partial charge in [-0.05, 0) is 67.7 Å². The molecule has 41 heavy (non-hydrogen) atoms. The molecule has 10 nitrogen and oxygen atoms in total. The third-order valence-corrected chi connectivity index (χ3v) is 8.51. The second-order valence-electron chi connectivity index (χ2n) is 11.7. The quantitative estimate of drug-likeness (QED) is 0.334. The Bertz CT molecular complexity index is 1440. The standard InChI is InChI=1S/C27H31F4N7O3/c1-14-22(37-41-36-14)25(40)35-24(16-6-8-26(28,29)9-7-16)19-13-38-20(33-19)10-17(12-32-38)23(15-2-3-15)34-21(39)5-4-18-11-27(18,30)31/h10,12-13,15-16,18,23-24H,2-9,11H2,1H3,(H,34,39)(H,35,40)/t18?,23?,24-/m0/s1. The number of halogens is 4. The first-order valence-electron chi connectivity index (χ1n) is 14.0. The number of nitrogens with zero attached hydrogens (tertiary/aromatic N) is 5. The van der Waals surface area contributed by atoms with E-state index < -0.39 is 29.7 Å². The highest BCUT2D eigenvalue weighted by Gasteiger charge is 2.56. The van der Waals surface area contributed by atoms with E-state index in [1.165, 1.54) is 0 Å². The van der Waals surface area contributed by atoms with Crippen LogP contribution in [-0.2, 0) is 4.79 Å². The minimum Gasteiger partial charge on any atom is -0.349 e. The molecule has 0 spiro atoms. The molecule has 0 aliphatic heterocycles. The van der Waals surface area contributed by atoms with Gasteiger partial charge in [-0.15, -0.1) is 0 Å². The molecular weight excluding hydrogens is 546 g/mol. The summed E-state index contributed by atoms with van der Waals surface area (Å²) in [6.07, 6.45) is 5.00. The molecule has 3 saturated carbocycles. The fourth-order valence-corrected chi connectivity index (χ4v) is 5.74. The fourth-order valence-electron chi connectivity index (χ4n) is 5.74. The number of carbonyl (C=O) groups is 2. The minimum atomic E-state index is -2.74. The Kier molecular flexibility index (Phi) is 6.97. The number of rotatable bonds is 10. The summed E-state index contributed by atoms with van der Waals surface area (Å²) in [6, 6.07) is 0.798. The number of nitrogens with one attached hydrogen (secondary N) is 2. The summed E-state index contributed by atoms with van der Waals surface area (Å²) < 4.78 is 60.5. The maximum absolute atomic E-state index is 13.9. The van der Waals surface area contributed by atoms with Crippen LogP contribution in [0, 0.1) is 24.7 Å². The third-order valence-electron chi connectivity index (χ3n) is 8.51. The number of aryl methyl sites for hydroxylation is 1. The lowest BCUT2D eigenvalue weighted by atomic mass is 9.81. The van der Waals surface area contributed by atoms with Crippen molar-refractivity contribution >= 4 is 17.5 Å². The average Bonchev–Trinajstić information content (AvgIpc) is 3.76. The zero-order valence-electron chi connectivity index (χ0n) is 22.5. The van der Waals surface area contributed by atoms with Crippen LogP contribution in [-0.4, -0.2) is 48.6 Å². The molecule has 3 heterocycles. The van der Waals surface area contributed by atoms with Gasteiger partial charge in [0.25, 0.3) is 11.8 Å². The second-order valence-corrected chi connectivity index (χ2v) is 11.7. The Hall–Kier alpha value is -3.58. The van der Waals surface area contributed by atoms with Crippen LogP contribution in [0.2, 0.25) is 0 Å². The number of fused-ring (bicyclic) bond motifs is 1. The van der Waals surface area contributed by atoms with E-state index in [1.54, 1.807) is 29.9 Å². The molecule has 0 bridgehead atoms. The van der Waals surface area contributed by atoms with Gasteiger partial charge in [0.1, 0.15) is 5.69 Å². The molecule has 2 N–H and O–H groups in total. The number of hydrogen-bond acceptors (Lipinski definition) is 7. The highest BCUT2D eigenvalue weighted by atomic mass is 19.3. The summed E-state index contributed by atoms with van der Waals surface area (Å²) >= 11 is 0. The van der Waals surface area contributed by atoms with Gasteiger partial charge < -0.3 is 10.6 Å². The number of carbonyl (C=O) groups excluding carboxylic acids is 2. The van der Waals surface area contributed by atoms with Gasteiger partial charge in [0.2, 0.25) is 11.8 Å². The second kappa shape index (κ2) is 10.4. The minimum absolute atomic E-state index is 0.00809. The Morgan fingerprint density at radius 2 is 1.78 bits per heavy atom. The summed E-state index contributed by atoms with van der Waals surface area (Å²) in [7, 11) is 0. The first kappa shape index (κ1) is 27.6.